The Balaban J connectivity index is 0.00000364. The summed E-state index contributed by atoms with van der Waals surface area (Å²) in [4.78, 5) is 9.13. The van der Waals surface area contributed by atoms with E-state index in [1.165, 1.54) is 11.1 Å². The highest BCUT2D eigenvalue weighted by molar-refractivity contribution is 14.0. The number of ether oxygens (including phenoxy) is 1. The maximum Gasteiger partial charge on any atom is 0.191 e. The van der Waals surface area contributed by atoms with Gasteiger partial charge in [0.05, 0.1) is 24.9 Å². The Kier molecular flexibility index (Phi) is 10.1. The van der Waals surface area contributed by atoms with Crippen LogP contribution in [0.4, 0.5) is 0 Å². The molecule has 0 fully saturated rings. The fourth-order valence-electron chi connectivity index (χ4n) is 2.53. The topological polar surface area (TPSA) is 58.5 Å². The molecule has 5 nitrogen and oxygen atoms in total. The van der Waals surface area contributed by atoms with Crippen LogP contribution < -0.4 is 15.4 Å². The van der Waals surface area contributed by atoms with Crippen molar-refractivity contribution in [2.45, 2.75) is 53.8 Å². The van der Waals surface area contributed by atoms with E-state index in [1.54, 1.807) is 0 Å². The smallest absolute Gasteiger partial charge is 0.191 e. The van der Waals surface area contributed by atoms with Crippen molar-refractivity contribution in [1.29, 1.82) is 0 Å². The maximum atomic E-state index is 5.94. The van der Waals surface area contributed by atoms with Crippen molar-refractivity contribution in [3.8, 4) is 5.75 Å². The van der Waals surface area contributed by atoms with Gasteiger partial charge in [0.25, 0.3) is 0 Å². The predicted molar refractivity (Wildman–Crippen MR) is 123 cm³/mol. The van der Waals surface area contributed by atoms with Crippen LogP contribution in [0.5, 0.6) is 5.75 Å². The lowest BCUT2D eigenvalue weighted by Gasteiger charge is -2.15. The van der Waals surface area contributed by atoms with Crippen LogP contribution in [-0.2, 0) is 13.1 Å². The number of aromatic nitrogens is 1. The van der Waals surface area contributed by atoms with Crippen molar-refractivity contribution in [2.24, 2.45) is 4.99 Å². The van der Waals surface area contributed by atoms with Crippen LogP contribution in [0.3, 0.4) is 0 Å². The van der Waals surface area contributed by atoms with Gasteiger partial charge in [0.15, 0.2) is 5.96 Å². The van der Waals surface area contributed by atoms with Gasteiger partial charge in [-0.25, -0.2) is 4.99 Å². The van der Waals surface area contributed by atoms with Gasteiger partial charge in [0.1, 0.15) is 5.75 Å². The molecule has 0 unspecified atom stereocenters. The van der Waals surface area contributed by atoms with E-state index in [9.17, 15) is 0 Å². The monoisotopic (exact) mass is 482 g/mol. The van der Waals surface area contributed by atoms with E-state index >= 15 is 0 Å². The summed E-state index contributed by atoms with van der Waals surface area (Å²) in [6.07, 6.45) is 1.95. The van der Waals surface area contributed by atoms with Crippen molar-refractivity contribution in [3.05, 3.63) is 58.9 Å². The minimum atomic E-state index is 0. The van der Waals surface area contributed by atoms with Crippen molar-refractivity contribution in [3.63, 3.8) is 0 Å². The zero-order valence-corrected chi connectivity index (χ0v) is 19.2. The average molecular weight is 482 g/mol. The van der Waals surface area contributed by atoms with E-state index in [-0.39, 0.29) is 30.1 Å². The number of hydrogen-bond acceptors (Lipinski definition) is 3. The highest BCUT2D eigenvalue weighted by Crippen LogP contribution is 2.22. The molecule has 2 N–H and O–H groups in total. The molecule has 0 aliphatic heterocycles. The fraction of sp³-hybridized carbons (Fsp3) is 0.429. The number of rotatable bonds is 7. The van der Waals surface area contributed by atoms with E-state index in [1.807, 2.05) is 26.1 Å². The second-order valence-corrected chi connectivity index (χ2v) is 6.59. The Bertz CT molecular complexity index is 747. The third-order valence-corrected chi connectivity index (χ3v) is 3.88. The van der Waals surface area contributed by atoms with Crippen LogP contribution in [0.2, 0.25) is 0 Å². The zero-order valence-electron chi connectivity index (χ0n) is 16.9. The van der Waals surface area contributed by atoms with Crippen LogP contribution in [-0.4, -0.2) is 23.6 Å². The van der Waals surface area contributed by atoms with Crippen LogP contribution in [0.15, 0.2) is 41.5 Å². The molecule has 1 aromatic heterocycles. The molecule has 2 rings (SSSR count). The number of nitrogens with zero attached hydrogens (tertiary/aromatic N) is 2. The van der Waals surface area contributed by atoms with Crippen molar-refractivity contribution in [2.75, 3.05) is 6.54 Å². The van der Waals surface area contributed by atoms with Crippen LogP contribution >= 0.6 is 24.0 Å². The number of hydrogen-bond donors (Lipinski definition) is 2. The Morgan fingerprint density at radius 3 is 2.63 bits per heavy atom. The second-order valence-electron chi connectivity index (χ2n) is 6.59. The molecule has 0 radical (unpaired) electrons. The molecule has 0 saturated heterocycles. The lowest BCUT2D eigenvalue weighted by atomic mass is 10.1. The maximum absolute atomic E-state index is 5.94. The number of benzene rings is 1. The minimum Gasteiger partial charge on any atom is -0.491 e. The second kappa shape index (κ2) is 11.8. The van der Waals surface area contributed by atoms with E-state index in [2.05, 4.69) is 60.7 Å². The zero-order chi connectivity index (χ0) is 18.9. The molecular weight excluding hydrogens is 451 g/mol. The first-order valence-electron chi connectivity index (χ1n) is 9.18. The molecule has 0 saturated carbocycles. The molecule has 0 atom stereocenters. The van der Waals surface area contributed by atoms with Gasteiger partial charge >= 0.3 is 0 Å². The Morgan fingerprint density at radius 1 is 1.19 bits per heavy atom. The molecule has 1 aromatic carbocycles. The van der Waals surface area contributed by atoms with Gasteiger partial charge in [0, 0.05) is 18.3 Å². The molecule has 0 spiro atoms. The number of aliphatic imine (C=N–C) groups is 1. The Labute approximate surface area is 180 Å². The Morgan fingerprint density at radius 2 is 1.96 bits per heavy atom. The molecule has 0 bridgehead atoms. The van der Waals surface area contributed by atoms with Crippen molar-refractivity contribution < 1.29 is 4.74 Å². The van der Waals surface area contributed by atoms with E-state index in [0.717, 1.165) is 29.5 Å². The SMILES string of the molecule is CCNC(=NCc1ccc(C)cc1OC(C)C)NCc1ncccc1C.I. The Hall–Kier alpha value is -1.83. The van der Waals surface area contributed by atoms with Gasteiger partial charge in [0.2, 0.25) is 0 Å². The van der Waals surface area contributed by atoms with Gasteiger partial charge in [-0.1, -0.05) is 18.2 Å². The van der Waals surface area contributed by atoms with Crippen LogP contribution in [0.25, 0.3) is 0 Å². The predicted octanol–water partition coefficient (Wildman–Crippen LogP) is 4.36. The van der Waals surface area contributed by atoms with E-state index < -0.39 is 0 Å². The van der Waals surface area contributed by atoms with Crippen LogP contribution in [0.1, 0.15) is 43.2 Å². The van der Waals surface area contributed by atoms with Gasteiger partial charge in [-0.2, -0.15) is 0 Å². The fourth-order valence-corrected chi connectivity index (χ4v) is 2.53. The normalized spacial score (nSPS) is 11.1. The molecule has 27 heavy (non-hydrogen) atoms. The standard InChI is InChI=1S/C21H30N4O.HI/c1-6-22-21(25-14-19-17(5)8-7-11-23-19)24-13-18-10-9-16(4)12-20(18)26-15(2)3;/h7-12,15H,6,13-14H2,1-5H3,(H2,22,24,25);1H. The quantitative estimate of drug-likeness (QED) is 0.350. The number of pyridine rings is 1. The summed E-state index contributed by atoms with van der Waals surface area (Å²) in [5.74, 6) is 1.67. The average Bonchev–Trinajstić information content (AvgIpc) is 2.59. The highest BCUT2D eigenvalue weighted by Gasteiger charge is 2.07. The lowest BCUT2D eigenvalue weighted by molar-refractivity contribution is 0.240. The molecule has 148 valence electrons. The number of guanidine groups is 1. The summed E-state index contributed by atoms with van der Waals surface area (Å²) in [5, 5.41) is 6.64. The lowest BCUT2D eigenvalue weighted by Crippen LogP contribution is -2.37. The molecule has 0 aliphatic rings. The number of halogens is 1. The number of nitrogens with one attached hydrogen (secondary N) is 2. The molecule has 0 amide bonds. The largest absolute Gasteiger partial charge is 0.491 e. The summed E-state index contributed by atoms with van der Waals surface area (Å²) < 4.78 is 5.94. The van der Waals surface area contributed by atoms with Gasteiger partial charge in [-0.3, -0.25) is 4.98 Å². The summed E-state index contributed by atoms with van der Waals surface area (Å²) in [7, 11) is 0. The summed E-state index contributed by atoms with van der Waals surface area (Å²) >= 11 is 0. The molecule has 2 aromatic rings. The summed E-state index contributed by atoms with van der Waals surface area (Å²) in [5.41, 5.74) is 4.46. The van der Waals surface area contributed by atoms with Crippen molar-refractivity contribution >= 4 is 29.9 Å². The molecule has 0 aliphatic carbocycles. The summed E-state index contributed by atoms with van der Waals surface area (Å²) in [6.45, 7) is 12.3. The van der Waals surface area contributed by atoms with Crippen LogP contribution in [0, 0.1) is 13.8 Å². The molecular formula is C21H31IN4O. The highest BCUT2D eigenvalue weighted by atomic mass is 127. The van der Waals surface area contributed by atoms with Gasteiger partial charge in [-0.05, 0) is 57.9 Å². The molecule has 1 heterocycles. The molecule has 6 heteroatoms. The first-order chi connectivity index (χ1) is 12.5. The first-order valence-corrected chi connectivity index (χ1v) is 9.18. The number of aryl methyl sites for hydroxylation is 2. The van der Waals surface area contributed by atoms with Gasteiger partial charge in [-0.15, -0.1) is 24.0 Å². The first kappa shape index (κ1) is 23.2. The van der Waals surface area contributed by atoms with E-state index in [0.29, 0.717) is 13.1 Å². The third kappa shape index (κ3) is 7.74. The summed E-state index contributed by atoms with van der Waals surface area (Å²) in [6, 6.07) is 10.3. The van der Waals surface area contributed by atoms with E-state index in [4.69, 9.17) is 9.73 Å². The third-order valence-electron chi connectivity index (χ3n) is 3.88. The minimum absolute atomic E-state index is 0. The van der Waals surface area contributed by atoms with Gasteiger partial charge < -0.3 is 15.4 Å². The van der Waals surface area contributed by atoms with Crippen molar-refractivity contribution in [1.82, 2.24) is 15.6 Å².